The fourth-order valence-electron chi connectivity index (χ4n) is 9.06. The Kier molecular flexibility index (Phi) is 18.9. The number of esters is 1. The molecule has 3 fully saturated rings. The van der Waals surface area contributed by atoms with E-state index in [-0.39, 0.29) is 36.5 Å². The Morgan fingerprint density at radius 2 is 1.57 bits per heavy atom. The molecule has 3 saturated heterocycles. The van der Waals surface area contributed by atoms with Gasteiger partial charge in [0, 0.05) is 31.9 Å². The van der Waals surface area contributed by atoms with Crippen LogP contribution in [-0.2, 0) is 47.5 Å². The molecule has 19 atom stereocenters. The van der Waals surface area contributed by atoms with Gasteiger partial charge in [0.05, 0.1) is 54.7 Å². The van der Waals surface area contributed by atoms with Crippen molar-refractivity contribution in [1.82, 2.24) is 9.80 Å². The summed E-state index contributed by atoms with van der Waals surface area (Å²) >= 11 is 0. The van der Waals surface area contributed by atoms with E-state index in [1.807, 2.05) is 52.2 Å². The van der Waals surface area contributed by atoms with Crippen LogP contribution in [0.5, 0.6) is 0 Å². The number of aliphatic hydroxyl groups excluding tert-OH is 3. The molecule has 0 aromatic carbocycles. The van der Waals surface area contributed by atoms with Gasteiger partial charge in [-0.2, -0.15) is 0 Å². The predicted octanol–water partition coefficient (Wildman–Crippen LogP) is 2.49. The van der Waals surface area contributed by atoms with Crippen LogP contribution in [0.4, 0.5) is 0 Å². The van der Waals surface area contributed by atoms with Crippen molar-refractivity contribution in [3.63, 3.8) is 0 Å². The Bertz CT molecular complexity index is 1440. The van der Waals surface area contributed by atoms with Gasteiger partial charge in [-0.05, 0) is 93.6 Å². The minimum absolute atomic E-state index is 0.0268. The number of methoxy groups -OCH3 is 1. The molecule has 60 heavy (non-hydrogen) atoms. The van der Waals surface area contributed by atoms with Crippen LogP contribution in [0.15, 0.2) is 36.5 Å². The van der Waals surface area contributed by atoms with Crippen molar-refractivity contribution in [3.8, 4) is 0 Å². The Balaban J connectivity index is 1.70. The summed E-state index contributed by atoms with van der Waals surface area (Å²) in [5.41, 5.74) is -1.34. The molecule has 0 aromatic heterocycles. The summed E-state index contributed by atoms with van der Waals surface area (Å²) in [6.07, 6.45) is -2.54. The number of likely N-dealkylation sites (N-methyl/N-ethyl adjacent to an activating group) is 2. The lowest BCUT2D eigenvalue weighted by molar-refractivity contribution is -0.343. The molecule has 0 radical (unpaired) electrons. The first kappa shape index (κ1) is 50.5. The monoisotopic (exact) mass is 855 g/mol. The standard InChI is InChI=1S/C44H74N2O14/c1-24-20-30(25(2)23-47)40(60-43-38(50)37(46(10)11)39(28(5)57-43)59-36-22-44(7,52)42(51)29(6)56-36)41(53-12)32(48)21-34(49)54-26(3)16-14-13-15-17-33(24)58-35-19-18-31(45(8)9)27(4)55-35/h13-15,17,23-24,26-33,35-43,48,50-52H,2,16,18-22H2,1,3-12H3/b14-13-,17-15-/t24-,26-,27-,28-,29+,30-,31+,32-,33+,35+,36+,37-,38-,39-,40+,41+,42+,43+,44-/m1/s1. The first-order valence-corrected chi connectivity index (χ1v) is 21.4. The van der Waals surface area contributed by atoms with Crippen molar-refractivity contribution in [2.75, 3.05) is 35.3 Å². The molecule has 4 aliphatic rings. The largest absolute Gasteiger partial charge is 0.462 e. The van der Waals surface area contributed by atoms with E-state index in [4.69, 9.17) is 37.9 Å². The Hall–Kier alpha value is -2.16. The van der Waals surface area contributed by atoms with E-state index in [0.29, 0.717) is 19.1 Å². The summed E-state index contributed by atoms with van der Waals surface area (Å²) in [7, 11) is 8.97. The Morgan fingerprint density at radius 1 is 0.883 bits per heavy atom. The number of nitrogens with zero attached hydrogens (tertiary/aromatic N) is 2. The molecule has 0 amide bonds. The Morgan fingerprint density at radius 3 is 2.17 bits per heavy atom. The van der Waals surface area contributed by atoms with E-state index in [9.17, 15) is 30.0 Å². The zero-order valence-corrected chi connectivity index (χ0v) is 37.5. The number of aldehydes is 1. The molecule has 4 aliphatic heterocycles. The maximum atomic E-state index is 13.1. The molecule has 16 heteroatoms. The summed E-state index contributed by atoms with van der Waals surface area (Å²) in [5.74, 6) is -1.79. The van der Waals surface area contributed by atoms with Crippen LogP contribution in [0, 0.1) is 11.8 Å². The maximum Gasteiger partial charge on any atom is 0.308 e. The number of cyclic esters (lactones) is 1. The number of hydrogen-bond acceptors (Lipinski definition) is 16. The first-order chi connectivity index (χ1) is 28.2. The van der Waals surface area contributed by atoms with Crippen molar-refractivity contribution < 1.29 is 67.9 Å². The summed E-state index contributed by atoms with van der Waals surface area (Å²) < 4.78 is 50.0. The third-order valence-electron chi connectivity index (χ3n) is 12.5. The van der Waals surface area contributed by atoms with E-state index in [0.717, 1.165) is 6.42 Å². The van der Waals surface area contributed by atoms with Gasteiger partial charge in [-0.15, -0.1) is 0 Å². The summed E-state index contributed by atoms with van der Waals surface area (Å²) in [5, 5.41) is 45.2. The van der Waals surface area contributed by atoms with Gasteiger partial charge in [0.25, 0.3) is 0 Å². The minimum Gasteiger partial charge on any atom is -0.462 e. The minimum atomic E-state index is -1.48. The number of ether oxygens (including phenoxy) is 8. The second kappa shape index (κ2) is 22.5. The molecule has 4 heterocycles. The lowest BCUT2D eigenvalue weighted by Crippen LogP contribution is -2.65. The van der Waals surface area contributed by atoms with Crippen LogP contribution in [0.2, 0.25) is 0 Å². The molecular formula is C44H74N2O14. The van der Waals surface area contributed by atoms with Crippen LogP contribution < -0.4 is 0 Å². The number of carbonyl (C=O) groups is 2. The van der Waals surface area contributed by atoms with Crippen LogP contribution in [-0.4, -0.2) is 181 Å². The number of carbonyl (C=O) groups excluding carboxylic acids is 2. The molecule has 0 aromatic rings. The molecule has 344 valence electrons. The fourth-order valence-corrected chi connectivity index (χ4v) is 9.06. The van der Waals surface area contributed by atoms with Gasteiger partial charge >= 0.3 is 5.97 Å². The molecule has 0 spiro atoms. The molecule has 0 aliphatic carbocycles. The topological polar surface area (TPSA) is 195 Å². The van der Waals surface area contributed by atoms with Gasteiger partial charge in [-0.25, -0.2) is 0 Å². The number of aliphatic hydroxyl groups is 4. The molecular weight excluding hydrogens is 780 g/mol. The highest BCUT2D eigenvalue weighted by Gasteiger charge is 2.52. The molecule has 0 saturated carbocycles. The Labute approximate surface area is 356 Å². The molecule has 0 bridgehead atoms. The summed E-state index contributed by atoms with van der Waals surface area (Å²) in [6, 6.07) is -0.510. The van der Waals surface area contributed by atoms with Gasteiger partial charge in [0.1, 0.15) is 36.8 Å². The van der Waals surface area contributed by atoms with Crippen molar-refractivity contribution >= 4 is 12.3 Å². The number of allylic oxidation sites excluding steroid dienone is 2. The average Bonchev–Trinajstić information content (AvgIpc) is 3.15. The zero-order valence-electron chi connectivity index (χ0n) is 37.5. The lowest BCUT2D eigenvalue weighted by Gasteiger charge is -2.50. The summed E-state index contributed by atoms with van der Waals surface area (Å²) in [6.45, 7) is 14.8. The highest BCUT2D eigenvalue weighted by atomic mass is 16.7. The van der Waals surface area contributed by atoms with E-state index in [2.05, 4.69) is 11.5 Å². The smallest absolute Gasteiger partial charge is 0.308 e. The van der Waals surface area contributed by atoms with Crippen LogP contribution in [0.25, 0.3) is 0 Å². The van der Waals surface area contributed by atoms with Gasteiger partial charge in [-0.1, -0.05) is 37.8 Å². The fraction of sp³-hybridized carbons (Fsp3) is 0.818. The second-order valence-electron chi connectivity index (χ2n) is 17.9. The average molecular weight is 855 g/mol. The van der Waals surface area contributed by atoms with Gasteiger partial charge in [0.2, 0.25) is 0 Å². The van der Waals surface area contributed by atoms with Crippen molar-refractivity contribution in [1.29, 1.82) is 0 Å². The van der Waals surface area contributed by atoms with Gasteiger partial charge in [0.15, 0.2) is 18.9 Å². The normalized spacial score (nSPS) is 45.2. The highest BCUT2D eigenvalue weighted by molar-refractivity contribution is 5.73. The van der Waals surface area contributed by atoms with E-state index in [1.54, 1.807) is 39.8 Å². The molecule has 16 nitrogen and oxygen atoms in total. The number of rotatable bonds is 11. The molecule has 4 N–H and O–H groups in total. The predicted molar refractivity (Wildman–Crippen MR) is 221 cm³/mol. The van der Waals surface area contributed by atoms with Crippen molar-refractivity contribution in [2.24, 2.45) is 11.8 Å². The quantitative estimate of drug-likeness (QED) is 0.134. The van der Waals surface area contributed by atoms with Crippen LogP contribution in [0.3, 0.4) is 0 Å². The van der Waals surface area contributed by atoms with E-state index in [1.165, 1.54) is 14.0 Å². The van der Waals surface area contributed by atoms with Gasteiger partial charge in [-0.3, -0.25) is 9.59 Å². The van der Waals surface area contributed by atoms with Crippen molar-refractivity contribution in [3.05, 3.63) is 36.5 Å². The van der Waals surface area contributed by atoms with Crippen LogP contribution >= 0.6 is 0 Å². The first-order valence-electron chi connectivity index (χ1n) is 21.4. The lowest BCUT2D eigenvalue weighted by atomic mass is 9.80. The summed E-state index contributed by atoms with van der Waals surface area (Å²) in [4.78, 5) is 29.8. The third-order valence-corrected chi connectivity index (χ3v) is 12.5. The van der Waals surface area contributed by atoms with E-state index < -0.39 is 110 Å². The van der Waals surface area contributed by atoms with E-state index >= 15 is 0 Å². The highest BCUT2D eigenvalue weighted by Crippen LogP contribution is 2.38. The van der Waals surface area contributed by atoms with Crippen molar-refractivity contribution in [2.45, 2.75) is 184 Å². The zero-order chi connectivity index (χ0) is 44.6. The van der Waals surface area contributed by atoms with Crippen LogP contribution in [0.1, 0.15) is 80.1 Å². The molecule has 0 unspecified atom stereocenters. The SMILES string of the molecule is C=C(C=O)[C@H]1C[C@@H](C)[C@@H](O[C@H]2CC[C@H](N(C)C)[C@@H](C)O2)/C=C\C=C/C[C@@H](C)OC(=O)C[C@@H](O)[C@H](OC)[C@H]1O[C@@H]1O[C@H](C)[C@@H](O[C@H]2C[C@@](C)(O)[C@@H](O)[C@H](C)O2)[C@H](N(C)C)[C@H]1O. The second-order valence-corrected chi connectivity index (χ2v) is 17.9. The number of hydrogen-bond donors (Lipinski definition) is 4. The maximum absolute atomic E-state index is 13.1. The van der Waals surface area contributed by atoms with Gasteiger partial charge < -0.3 is 68.1 Å². The molecule has 4 rings (SSSR count). The third kappa shape index (κ3) is 13.0.